The lowest BCUT2D eigenvalue weighted by molar-refractivity contribution is 0.262. The van der Waals surface area contributed by atoms with Crippen molar-refractivity contribution in [3.05, 3.63) is 34.3 Å². The summed E-state index contributed by atoms with van der Waals surface area (Å²) >= 11 is 7.20. The molecule has 1 heterocycles. The molecule has 19 heavy (non-hydrogen) atoms. The molecule has 0 atom stereocenters. The zero-order valence-corrected chi connectivity index (χ0v) is 11.5. The number of urea groups is 1. The molecule has 1 aliphatic rings. The summed E-state index contributed by atoms with van der Waals surface area (Å²) in [4.78, 5) is 11.7. The van der Waals surface area contributed by atoms with Crippen molar-refractivity contribution in [3.8, 4) is 0 Å². The minimum atomic E-state index is -0.333. The van der Waals surface area contributed by atoms with E-state index in [1.54, 1.807) is 24.3 Å². The van der Waals surface area contributed by atoms with E-state index in [1.807, 2.05) is 0 Å². The van der Waals surface area contributed by atoms with Gasteiger partial charge in [0.1, 0.15) is 5.01 Å². The lowest BCUT2D eigenvalue weighted by Crippen LogP contribution is -2.19. The maximum absolute atomic E-state index is 11.7. The highest BCUT2D eigenvalue weighted by atomic mass is 35.5. The molecule has 0 spiro atoms. The summed E-state index contributed by atoms with van der Waals surface area (Å²) in [6, 6.07) is 6.57. The second-order valence-corrected chi connectivity index (χ2v) is 5.75. The average molecular weight is 295 g/mol. The van der Waals surface area contributed by atoms with Crippen molar-refractivity contribution < 1.29 is 4.79 Å². The van der Waals surface area contributed by atoms with Crippen LogP contribution in [0.1, 0.15) is 23.8 Å². The average Bonchev–Trinajstić information content (AvgIpc) is 3.14. The Morgan fingerprint density at radius 1 is 1.21 bits per heavy atom. The summed E-state index contributed by atoms with van der Waals surface area (Å²) in [6.45, 7) is 0. The predicted octanol–water partition coefficient (Wildman–Crippen LogP) is 3.71. The van der Waals surface area contributed by atoms with Crippen LogP contribution in [0.4, 0.5) is 15.6 Å². The minimum Gasteiger partial charge on any atom is -0.308 e. The van der Waals surface area contributed by atoms with Crippen LogP contribution >= 0.6 is 22.9 Å². The van der Waals surface area contributed by atoms with Crippen LogP contribution in [0.5, 0.6) is 0 Å². The van der Waals surface area contributed by atoms with E-state index in [0.29, 0.717) is 21.8 Å². The topological polar surface area (TPSA) is 66.9 Å². The lowest BCUT2D eigenvalue weighted by atomic mass is 10.3. The lowest BCUT2D eigenvalue weighted by Gasteiger charge is -2.04. The zero-order chi connectivity index (χ0) is 13.2. The third-order valence-electron chi connectivity index (χ3n) is 2.69. The molecule has 0 aliphatic heterocycles. The standard InChI is InChI=1S/C12H11ClN4OS/c13-8-3-5-9(6-4-8)14-11(18)15-12-17-16-10(19-12)7-1-2-7/h3-7H,1-2H2,(H2,14,15,17,18). The van der Waals surface area contributed by atoms with Crippen LogP contribution in [0, 0.1) is 0 Å². The van der Waals surface area contributed by atoms with Gasteiger partial charge in [-0.2, -0.15) is 0 Å². The van der Waals surface area contributed by atoms with E-state index in [4.69, 9.17) is 11.6 Å². The molecule has 0 saturated heterocycles. The normalized spacial score (nSPS) is 14.2. The molecule has 2 amide bonds. The molecular weight excluding hydrogens is 284 g/mol. The SMILES string of the molecule is O=C(Nc1ccc(Cl)cc1)Nc1nnc(C2CC2)s1. The molecule has 1 fully saturated rings. The number of carbonyl (C=O) groups excluding carboxylic acids is 1. The fourth-order valence-electron chi connectivity index (χ4n) is 1.57. The van der Waals surface area contributed by atoms with Crippen LogP contribution in [-0.4, -0.2) is 16.2 Å². The molecule has 2 aromatic rings. The molecule has 1 aromatic carbocycles. The molecule has 1 aromatic heterocycles. The van der Waals surface area contributed by atoms with Crippen molar-refractivity contribution >= 4 is 39.8 Å². The largest absolute Gasteiger partial charge is 0.325 e. The van der Waals surface area contributed by atoms with Crippen LogP contribution in [0.3, 0.4) is 0 Å². The number of hydrogen-bond donors (Lipinski definition) is 2. The summed E-state index contributed by atoms with van der Waals surface area (Å²) in [6.07, 6.45) is 2.34. The van der Waals surface area contributed by atoms with Gasteiger partial charge < -0.3 is 5.32 Å². The fourth-order valence-corrected chi connectivity index (χ4v) is 2.61. The third-order valence-corrected chi connectivity index (χ3v) is 3.94. The van der Waals surface area contributed by atoms with Gasteiger partial charge >= 0.3 is 6.03 Å². The number of anilines is 2. The summed E-state index contributed by atoms with van der Waals surface area (Å²) in [7, 11) is 0. The molecule has 0 bridgehead atoms. The van der Waals surface area contributed by atoms with Gasteiger partial charge in [-0.1, -0.05) is 22.9 Å². The van der Waals surface area contributed by atoms with E-state index in [1.165, 1.54) is 24.2 Å². The minimum absolute atomic E-state index is 0.333. The first-order chi connectivity index (χ1) is 9.20. The van der Waals surface area contributed by atoms with Crippen LogP contribution in [0.15, 0.2) is 24.3 Å². The Bertz CT molecular complexity index is 594. The second kappa shape index (κ2) is 5.14. The number of halogens is 1. The second-order valence-electron chi connectivity index (χ2n) is 4.31. The van der Waals surface area contributed by atoms with Crippen molar-refractivity contribution in [2.75, 3.05) is 10.6 Å². The van der Waals surface area contributed by atoms with Gasteiger partial charge in [0.05, 0.1) is 0 Å². The highest BCUT2D eigenvalue weighted by Crippen LogP contribution is 2.42. The smallest absolute Gasteiger partial charge is 0.308 e. The van der Waals surface area contributed by atoms with E-state index in [0.717, 1.165) is 5.01 Å². The monoisotopic (exact) mass is 294 g/mol. The Morgan fingerprint density at radius 3 is 2.63 bits per heavy atom. The van der Waals surface area contributed by atoms with Crippen molar-refractivity contribution in [2.45, 2.75) is 18.8 Å². The van der Waals surface area contributed by atoms with Gasteiger partial charge in [0, 0.05) is 16.6 Å². The quantitative estimate of drug-likeness (QED) is 0.907. The molecule has 1 aliphatic carbocycles. The highest BCUT2D eigenvalue weighted by Gasteiger charge is 2.27. The summed E-state index contributed by atoms with van der Waals surface area (Å²) in [5.74, 6) is 0.548. The summed E-state index contributed by atoms with van der Waals surface area (Å²) in [5.41, 5.74) is 0.675. The molecule has 2 N–H and O–H groups in total. The van der Waals surface area contributed by atoms with E-state index < -0.39 is 0 Å². The number of rotatable bonds is 3. The maximum atomic E-state index is 11.7. The van der Waals surface area contributed by atoms with Gasteiger partial charge in [-0.3, -0.25) is 5.32 Å². The van der Waals surface area contributed by atoms with Crippen molar-refractivity contribution in [2.24, 2.45) is 0 Å². The zero-order valence-electron chi connectivity index (χ0n) is 9.89. The van der Waals surface area contributed by atoms with Crippen molar-refractivity contribution in [1.29, 1.82) is 0 Å². The van der Waals surface area contributed by atoms with Gasteiger partial charge in [0.25, 0.3) is 0 Å². The molecule has 0 radical (unpaired) electrons. The van der Waals surface area contributed by atoms with Gasteiger partial charge in [0.15, 0.2) is 0 Å². The third kappa shape index (κ3) is 3.21. The van der Waals surface area contributed by atoms with Gasteiger partial charge in [-0.15, -0.1) is 10.2 Å². The first kappa shape index (κ1) is 12.4. The summed E-state index contributed by atoms with van der Waals surface area (Å²) < 4.78 is 0. The predicted molar refractivity (Wildman–Crippen MR) is 76.0 cm³/mol. The van der Waals surface area contributed by atoms with Gasteiger partial charge in [-0.05, 0) is 37.1 Å². The number of carbonyl (C=O) groups is 1. The number of aromatic nitrogens is 2. The first-order valence-electron chi connectivity index (χ1n) is 5.88. The van der Waals surface area contributed by atoms with E-state index >= 15 is 0 Å². The first-order valence-corrected chi connectivity index (χ1v) is 7.07. The van der Waals surface area contributed by atoms with E-state index in [-0.39, 0.29) is 6.03 Å². The number of amides is 2. The van der Waals surface area contributed by atoms with E-state index in [2.05, 4.69) is 20.8 Å². The molecule has 98 valence electrons. The van der Waals surface area contributed by atoms with Crippen LogP contribution in [0.25, 0.3) is 0 Å². The number of nitrogens with zero attached hydrogens (tertiary/aromatic N) is 2. The van der Waals surface area contributed by atoms with Crippen molar-refractivity contribution in [1.82, 2.24) is 10.2 Å². The van der Waals surface area contributed by atoms with Crippen LogP contribution in [-0.2, 0) is 0 Å². The summed E-state index contributed by atoms with van der Waals surface area (Å²) in [5, 5.41) is 15.5. The Morgan fingerprint density at radius 2 is 1.95 bits per heavy atom. The Hall–Kier alpha value is -1.66. The Labute approximate surface area is 119 Å². The molecule has 0 unspecified atom stereocenters. The van der Waals surface area contributed by atoms with Gasteiger partial charge in [0.2, 0.25) is 5.13 Å². The van der Waals surface area contributed by atoms with Crippen LogP contribution < -0.4 is 10.6 Å². The Kier molecular flexibility index (Phi) is 3.35. The maximum Gasteiger partial charge on any atom is 0.325 e. The van der Waals surface area contributed by atoms with Crippen LogP contribution in [0.2, 0.25) is 5.02 Å². The number of benzene rings is 1. The molecular formula is C12H11ClN4OS. The Balaban J connectivity index is 1.59. The number of hydrogen-bond acceptors (Lipinski definition) is 4. The van der Waals surface area contributed by atoms with Gasteiger partial charge in [-0.25, -0.2) is 4.79 Å². The molecule has 7 heteroatoms. The molecule has 3 rings (SSSR count). The van der Waals surface area contributed by atoms with E-state index in [9.17, 15) is 4.79 Å². The molecule has 5 nitrogen and oxygen atoms in total. The molecule has 1 saturated carbocycles. The fraction of sp³-hybridized carbons (Fsp3) is 0.250. The highest BCUT2D eigenvalue weighted by molar-refractivity contribution is 7.15. The van der Waals surface area contributed by atoms with Crippen molar-refractivity contribution in [3.63, 3.8) is 0 Å². The number of nitrogens with one attached hydrogen (secondary N) is 2.